The highest BCUT2D eigenvalue weighted by Gasteiger charge is 2.32. The van der Waals surface area contributed by atoms with E-state index >= 15 is 0 Å². The molecule has 1 aromatic carbocycles. The number of amides is 1. The molecule has 27 heavy (non-hydrogen) atoms. The van der Waals surface area contributed by atoms with Crippen molar-refractivity contribution in [1.82, 2.24) is 20.3 Å². The third-order valence-electron chi connectivity index (χ3n) is 4.63. The number of hydrogen-bond acceptors (Lipinski definition) is 5. The Labute approximate surface area is 157 Å². The predicted octanol–water partition coefficient (Wildman–Crippen LogP) is 1.99. The van der Waals surface area contributed by atoms with E-state index in [1.54, 1.807) is 24.3 Å². The van der Waals surface area contributed by atoms with Gasteiger partial charge in [-0.25, -0.2) is 4.79 Å². The summed E-state index contributed by atoms with van der Waals surface area (Å²) < 4.78 is 1.07. The van der Waals surface area contributed by atoms with Gasteiger partial charge in [0, 0.05) is 0 Å². The van der Waals surface area contributed by atoms with Crippen molar-refractivity contribution in [3.63, 3.8) is 0 Å². The number of benzene rings is 1. The van der Waals surface area contributed by atoms with Crippen molar-refractivity contribution in [3.05, 3.63) is 34.6 Å². The fourth-order valence-corrected chi connectivity index (χ4v) is 2.97. The number of carbonyl (C=O) groups excluding carboxylic acids is 1. The monoisotopic (exact) mass is 374 g/mol. The first-order valence-corrected chi connectivity index (χ1v) is 9.13. The van der Waals surface area contributed by atoms with E-state index in [1.807, 2.05) is 27.7 Å². The molecule has 2 aromatic rings. The highest BCUT2D eigenvalue weighted by atomic mass is 16.4. The van der Waals surface area contributed by atoms with Crippen LogP contribution in [-0.4, -0.2) is 38.0 Å². The first-order chi connectivity index (χ1) is 12.8. The quantitative estimate of drug-likeness (QED) is 0.730. The number of nitrogens with zero attached hydrogens (tertiary/aromatic N) is 3. The molecule has 0 aliphatic heterocycles. The number of hydrogen-bond donors (Lipinski definition) is 2. The van der Waals surface area contributed by atoms with Gasteiger partial charge in [-0.15, -0.1) is 5.10 Å². The van der Waals surface area contributed by atoms with Crippen LogP contribution in [0.4, 0.5) is 0 Å². The van der Waals surface area contributed by atoms with Crippen LogP contribution in [-0.2, 0) is 9.59 Å². The summed E-state index contributed by atoms with van der Waals surface area (Å²) in [5, 5.41) is 20.3. The molecular weight excluding hydrogens is 348 g/mol. The van der Waals surface area contributed by atoms with Crippen LogP contribution in [0.3, 0.4) is 0 Å². The molecule has 0 radical (unpaired) electrons. The number of carbonyl (C=O) groups is 2. The van der Waals surface area contributed by atoms with Crippen LogP contribution in [0, 0.1) is 11.8 Å². The second kappa shape index (κ2) is 8.75. The van der Waals surface area contributed by atoms with Crippen molar-refractivity contribution < 1.29 is 14.7 Å². The zero-order chi connectivity index (χ0) is 20.1. The van der Waals surface area contributed by atoms with Crippen molar-refractivity contribution >= 4 is 22.8 Å². The van der Waals surface area contributed by atoms with E-state index in [4.69, 9.17) is 0 Å². The van der Waals surface area contributed by atoms with Crippen molar-refractivity contribution in [3.8, 4) is 0 Å². The molecule has 0 fully saturated rings. The largest absolute Gasteiger partial charge is 0.480 e. The highest BCUT2D eigenvalue weighted by Crippen LogP contribution is 2.20. The summed E-state index contributed by atoms with van der Waals surface area (Å²) in [4.78, 5) is 37.3. The van der Waals surface area contributed by atoms with E-state index < -0.39 is 29.5 Å². The fraction of sp³-hybridized carbons (Fsp3) is 0.526. The molecule has 0 unspecified atom stereocenters. The lowest BCUT2D eigenvalue weighted by Crippen LogP contribution is -2.48. The number of carboxylic acids is 1. The van der Waals surface area contributed by atoms with Gasteiger partial charge in [0.25, 0.3) is 5.56 Å². The molecule has 3 atom stereocenters. The van der Waals surface area contributed by atoms with Gasteiger partial charge in [-0.2, -0.15) is 4.68 Å². The SMILES string of the molecule is CC[C@H](C)[C@@H](C(=O)N[C@@H](CC(C)C)C(=O)O)n1nnc2ccccc2c1=O. The lowest BCUT2D eigenvalue weighted by Gasteiger charge is -2.25. The molecular formula is C19H26N4O4. The van der Waals surface area contributed by atoms with Crippen LogP contribution in [0.25, 0.3) is 10.9 Å². The van der Waals surface area contributed by atoms with E-state index in [-0.39, 0.29) is 11.8 Å². The zero-order valence-electron chi connectivity index (χ0n) is 16.0. The standard InChI is InChI=1S/C19H26N4O4/c1-5-12(4)16(17(24)20-15(19(26)27)10-11(2)3)23-18(25)13-8-6-7-9-14(13)21-22-23/h6-9,11-12,15-16H,5,10H2,1-4H3,(H,20,24)(H,26,27)/t12-,15-,16-/m0/s1. The van der Waals surface area contributed by atoms with Gasteiger partial charge >= 0.3 is 5.97 Å². The summed E-state index contributed by atoms with van der Waals surface area (Å²) >= 11 is 0. The topological polar surface area (TPSA) is 114 Å². The average molecular weight is 374 g/mol. The summed E-state index contributed by atoms with van der Waals surface area (Å²) in [6, 6.07) is 4.82. The molecule has 2 rings (SSSR count). The Morgan fingerprint density at radius 1 is 1.22 bits per heavy atom. The predicted molar refractivity (Wildman–Crippen MR) is 101 cm³/mol. The Balaban J connectivity index is 2.44. The summed E-state index contributed by atoms with van der Waals surface area (Å²) in [5.74, 6) is -1.77. The highest BCUT2D eigenvalue weighted by molar-refractivity contribution is 5.86. The van der Waals surface area contributed by atoms with Crippen molar-refractivity contribution in [2.24, 2.45) is 11.8 Å². The van der Waals surface area contributed by atoms with Crippen LogP contribution in [0.1, 0.15) is 46.6 Å². The van der Waals surface area contributed by atoms with Crippen LogP contribution < -0.4 is 10.9 Å². The maximum Gasteiger partial charge on any atom is 0.326 e. The fourth-order valence-electron chi connectivity index (χ4n) is 2.97. The second-order valence-corrected chi connectivity index (χ2v) is 7.22. The molecule has 8 heteroatoms. The summed E-state index contributed by atoms with van der Waals surface area (Å²) in [6.07, 6.45) is 0.910. The van der Waals surface area contributed by atoms with Crippen LogP contribution in [0.5, 0.6) is 0 Å². The Morgan fingerprint density at radius 3 is 2.48 bits per heavy atom. The van der Waals surface area contributed by atoms with Crippen LogP contribution in [0.15, 0.2) is 29.1 Å². The van der Waals surface area contributed by atoms with E-state index in [0.29, 0.717) is 23.7 Å². The van der Waals surface area contributed by atoms with E-state index in [0.717, 1.165) is 4.68 Å². The normalized spacial score (nSPS) is 14.7. The molecule has 0 bridgehead atoms. The van der Waals surface area contributed by atoms with E-state index in [2.05, 4.69) is 15.6 Å². The molecule has 2 N–H and O–H groups in total. The molecule has 1 amide bonds. The average Bonchev–Trinajstić information content (AvgIpc) is 2.62. The third kappa shape index (κ3) is 4.69. The Bertz CT molecular complexity index is 877. The summed E-state index contributed by atoms with van der Waals surface area (Å²) in [7, 11) is 0. The number of aromatic nitrogens is 3. The Hall–Kier alpha value is -2.77. The molecule has 0 aliphatic carbocycles. The molecule has 8 nitrogen and oxygen atoms in total. The van der Waals surface area contributed by atoms with Crippen molar-refractivity contribution in [2.75, 3.05) is 0 Å². The summed E-state index contributed by atoms with van der Waals surface area (Å²) in [5.41, 5.74) is 0.0297. The number of carboxylic acid groups (broad SMARTS) is 1. The molecule has 0 aliphatic rings. The van der Waals surface area contributed by atoms with Gasteiger partial charge in [0.15, 0.2) is 0 Å². The number of rotatable bonds is 8. The number of aliphatic carboxylic acids is 1. The Morgan fingerprint density at radius 2 is 1.89 bits per heavy atom. The Kier molecular flexibility index (Phi) is 6.65. The van der Waals surface area contributed by atoms with Crippen molar-refractivity contribution in [1.29, 1.82) is 0 Å². The van der Waals surface area contributed by atoms with E-state index in [9.17, 15) is 19.5 Å². The van der Waals surface area contributed by atoms with Gasteiger partial charge in [0.05, 0.1) is 5.39 Å². The number of nitrogens with one attached hydrogen (secondary N) is 1. The van der Waals surface area contributed by atoms with Gasteiger partial charge in [-0.1, -0.05) is 51.5 Å². The maximum atomic E-state index is 12.9. The summed E-state index contributed by atoms with van der Waals surface area (Å²) in [6.45, 7) is 7.49. The van der Waals surface area contributed by atoms with Crippen LogP contribution >= 0.6 is 0 Å². The first kappa shape index (κ1) is 20.5. The second-order valence-electron chi connectivity index (χ2n) is 7.22. The first-order valence-electron chi connectivity index (χ1n) is 9.13. The lowest BCUT2D eigenvalue weighted by molar-refractivity contribution is -0.143. The maximum absolute atomic E-state index is 12.9. The van der Waals surface area contributed by atoms with Gasteiger partial charge in [-0.3, -0.25) is 9.59 Å². The van der Waals surface area contributed by atoms with Gasteiger partial charge in [0.1, 0.15) is 17.6 Å². The third-order valence-corrected chi connectivity index (χ3v) is 4.63. The smallest absolute Gasteiger partial charge is 0.326 e. The zero-order valence-corrected chi connectivity index (χ0v) is 16.0. The number of fused-ring (bicyclic) bond motifs is 1. The van der Waals surface area contributed by atoms with E-state index in [1.165, 1.54) is 0 Å². The van der Waals surface area contributed by atoms with Gasteiger partial charge in [0.2, 0.25) is 5.91 Å². The van der Waals surface area contributed by atoms with Crippen molar-refractivity contribution in [2.45, 2.75) is 52.6 Å². The van der Waals surface area contributed by atoms with Gasteiger partial charge in [-0.05, 0) is 30.4 Å². The molecule has 0 saturated carbocycles. The van der Waals surface area contributed by atoms with Crippen LogP contribution in [0.2, 0.25) is 0 Å². The molecule has 0 spiro atoms. The molecule has 1 heterocycles. The lowest BCUT2D eigenvalue weighted by atomic mass is 9.97. The minimum atomic E-state index is -1.10. The molecule has 146 valence electrons. The molecule has 0 saturated heterocycles. The molecule has 1 aromatic heterocycles. The minimum Gasteiger partial charge on any atom is -0.480 e. The minimum absolute atomic E-state index is 0.0941. The van der Waals surface area contributed by atoms with Gasteiger partial charge < -0.3 is 10.4 Å².